The minimum Gasteiger partial charge on any atom is -0.478 e. The Morgan fingerprint density at radius 2 is 2.12 bits per heavy atom. The lowest BCUT2D eigenvalue weighted by Gasteiger charge is -2.04. The maximum Gasteiger partial charge on any atom is 0.331 e. The van der Waals surface area contributed by atoms with Gasteiger partial charge in [-0.3, -0.25) is 0 Å². The van der Waals surface area contributed by atoms with E-state index >= 15 is 0 Å². The van der Waals surface area contributed by atoms with Crippen LogP contribution in [0.2, 0.25) is 10.0 Å². The molecule has 86 valence electrons. The Labute approximate surface area is 104 Å². The summed E-state index contributed by atoms with van der Waals surface area (Å²) in [6.45, 7) is 1.97. The van der Waals surface area contributed by atoms with Crippen LogP contribution in [0.4, 0.5) is 5.69 Å². The van der Waals surface area contributed by atoms with E-state index in [-0.39, 0.29) is 0 Å². The maximum absolute atomic E-state index is 10.5. The normalized spacial score (nSPS) is 11.3. The third-order valence-electron chi connectivity index (χ3n) is 1.97. The first-order chi connectivity index (χ1) is 7.50. The zero-order valence-electron chi connectivity index (χ0n) is 8.63. The summed E-state index contributed by atoms with van der Waals surface area (Å²) >= 11 is 11.6. The van der Waals surface area contributed by atoms with Gasteiger partial charge < -0.3 is 10.4 Å². The summed E-state index contributed by atoms with van der Waals surface area (Å²) < 4.78 is 0. The minimum atomic E-state index is -0.920. The average Bonchev–Trinajstić information content (AvgIpc) is 2.23. The lowest BCUT2D eigenvalue weighted by Crippen LogP contribution is -2.02. The van der Waals surface area contributed by atoms with Crippen molar-refractivity contribution in [1.29, 1.82) is 0 Å². The Morgan fingerprint density at radius 1 is 1.44 bits per heavy atom. The van der Waals surface area contributed by atoms with Crippen molar-refractivity contribution in [3.8, 4) is 0 Å². The number of carboxylic acids is 1. The van der Waals surface area contributed by atoms with E-state index in [1.807, 2.05) is 0 Å². The Hall–Kier alpha value is -1.19. The van der Waals surface area contributed by atoms with Crippen LogP contribution in [-0.2, 0) is 4.79 Å². The molecule has 1 rings (SSSR count). The lowest BCUT2D eigenvalue weighted by atomic mass is 10.2. The molecular formula is C11H11Cl2NO2. The molecule has 0 aromatic heterocycles. The molecule has 0 aliphatic rings. The molecule has 1 aromatic carbocycles. The van der Waals surface area contributed by atoms with Crippen molar-refractivity contribution in [2.45, 2.75) is 6.92 Å². The average molecular weight is 260 g/mol. The number of aliphatic carboxylic acids is 1. The fraction of sp³-hybridized carbons (Fsp3) is 0.182. The summed E-state index contributed by atoms with van der Waals surface area (Å²) in [6.07, 6.45) is 1.59. The van der Waals surface area contributed by atoms with E-state index in [1.165, 1.54) is 0 Å². The number of halogens is 2. The van der Waals surface area contributed by atoms with Gasteiger partial charge in [-0.15, -0.1) is 0 Å². The molecule has 0 bridgehead atoms. The van der Waals surface area contributed by atoms with Gasteiger partial charge >= 0.3 is 5.97 Å². The number of hydrogen-bond acceptors (Lipinski definition) is 2. The standard InChI is InChI=1S/C11H11Cl2NO2/c1-7(11(15)16)4-5-14-8-2-3-9(12)10(13)6-8/h2-4,6,14H,5H2,1H3,(H,15,16)/b7-4-. The molecule has 0 spiro atoms. The molecule has 0 aliphatic carbocycles. The zero-order chi connectivity index (χ0) is 12.1. The van der Waals surface area contributed by atoms with E-state index in [9.17, 15) is 4.79 Å². The van der Waals surface area contributed by atoms with Gasteiger partial charge in [0.05, 0.1) is 10.0 Å². The molecule has 16 heavy (non-hydrogen) atoms. The van der Waals surface area contributed by atoms with Crippen molar-refractivity contribution in [3.05, 3.63) is 39.9 Å². The van der Waals surface area contributed by atoms with Crippen molar-refractivity contribution < 1.29 is 9.90 Å². The van der Waals surface area contributed by atoms with Crippen LogP contribution in [0.25, 0.3) is 0 Å². The molecule has 3 nitrogen and oxygen atoms in total. The predicted molar refractivity (Wildman–Crippen MR) is 66.3 cm³/mol. The monoisotopic (exact) mass is 259 g/mol. The number of carbonyl (C=O) groups is 1. The van der Waals surface area contributed by atoms with Crippen molar-refractivity contribution in [3.63, 3.8) is 0 Å². The van der Waals surface area contributed by atoms with Gasteiger partial charge in [0.2, 0.25) is 0 Å². The molecule has 2 N–H and O–H groups in total. The van der Waals surface area contributed by atoms with E-state index in [1.54, 1.807) is 31.2 Å². The molecule has 0 amide bonds. The molecule has 0 fully saturated rings. The highest BCUT2D eigenvalue weighted by Crippen LogP contribution is 2.24. The van der Waals surface area contributed by atoms with E-state index in [4.69, 9.17) is 28.3 Å². The van der Waals surface area contributed by atoms with Gasteiger partial charge in [0, 0.05) is 17.8 Å². The molecule has 0 atom stereocenters. The summed E-state index contributed by atoms with van der Waals surface area (Å²) in [5, 5.41) is 12.6. The quantitative estimate of drug-likeness (QED) is 0.815. The molecule has 0 radical (unpaired) electrons. The third kappa shape index (κ3) is 3.76. The third-order valence-corrected chi connectivity index (χ3v) is 2.71. The minimum absolute atomic E-state index is 0.299. The molecule has 1 aromatic rings. The Bertz CT molecular complexity index is 430. The van der Waals surface area contributed by atoms with Crippen LogP contribution >= 0.6 is 23.2 Å². The van der Waals surface area contributed by atoms with Gasteiger partial charge in [-0.25, -0.2) is 4.79 Å². The van der Waals surface area contributed by atoms with Gasteiger partial charge in [-0.2, -0.15) is 0 Å². The van der Waals surface area contributed by atoms with E-state index in [0.717, 1.165) is 5.69 Å². The van der Waals surface area contributed by atoms with E-state index in [2.05, 4.69) is 5.32 Å². The second kappa shape index (κ2) is 5.77. The summed E-state index contributed by atoms with van der Waals surface area (Å²) in [7, 11) is 0. The Kier molecular flexibility index (Phi) is 4.65. The van der Waals surface area contributed by atoms with Crippen LogP contribution < -0.4 is 5.32 Å². The van der Waals surface area contributed by atoms with Crippen molar-refractivity contribution >= 4 is 34.9 Å². The smallest absolute Gasteiger partial charge is 0.331 e. The fourth-order valence-electron chi connectivity index (χ4n) is 1.02. The van der Waals surface area contributed by atoms with Crippen molar-refractivity contribution in [1.82, 2.24) is 0 Å². The number of anilines is 1. The summed E-state index contributed by atoms with van der Waals surface area (Å²) in [5.41, 5.74) is 1.09. The molecule has 5 heteroatoms. The number of rotatable bonds is 4. The van der Waals surface area contributed by atoms with Gasteiger partial charge in [-0.05, 0) is 25.1 Å². The zero-order valence-corrected chi connectivity index (χ0v) is 10.1. The highest BCUT2D eigenvalue weighted by atomic mass is 35.5. The molecule has 0 heterocycles. The first-order valence-electron chi connectivity index (χ1n) is 4.59. The maximum atomic E-state index is 10.5. The Morgan fingerprint density at radius 3 is 2.69 bits per heavy atom. The topological polar surface area (TPSA) is 49.3 Å². The molecular weight excluding hydrogens is 249 g/mol. The van der Waals surface area contributed by atoms with Gasteiger partial charge in [0.1, 0.15) is 0 Å². The summed E-state index contributed by atoms with van der Waals surface area (Å²) in [5.74, 6) is -0.920. The molecule has 0 aliphatic heterocycles. The van der Waals surface area contributed by atoms with Crippen LogP contribution in [0.3, 0.4) is 0 Å². The van der Waals surface area contributed by atoms with Crippen LogP contribution in [0.5, 0.6) is 0 Å². The number of carboxylic acid groups (broad SMARTS) is 1. The largest absolute Gasteiger partial charge is 0.478 e. The van der Waals surface area contributed by atoms with Crippen LogP contribution in [0.15, 0.2) is 29.8 Å². The second-order valence-corrected chi connectivity index (χ2v) is 4.02. The number of nitrogens with one attached hydrogen (secondary N) is 1. The molecule has 0 saturated heterocycles. The lowest BCUT2D eigenvalue weighted by molar-refractivity contribution is -0.132. The van der Waals surface area contributed by atoms with Crippen LogP contribution in [-0.4, -0.2) is 17.6 Å². The van der Waals surface area contributed by atoms with E-state index < -0.39 is 5.97 Å². The highest BCUT2D eigenvalue weighted by molar-refractivity contribution is 6.42. The molecule has 0 saturated carbocycles. The fourth-order valence-corrected chi connectivity index (χ4v) is 1.31. The van der Waals surface area contributed by atoms with Gasteiger partial charge in [0.15, 0.2) is 0 Å². The van der Waals surface area contributed by atoms with Gasteiger partial charge in [-0.1, -0.05) is 29.3 Å². The summed E-state index contributed by atoms with van der Waals surface area (Å²) in [6, 6.07) is 5.14. The first kappa shape index (κ1) is 12.9. The molecule has 0 unspecified atom stereocenters. The van der Waals surface area contributed by atoms with Gasteiger partial charge in [0.25, 0.3) is 0 Å². The van der Waals surface area contributed by atoms with Crippen molar-refractivity contribution in [2.75, 3.05) is 11.9 Å². The highest BCUT2D eigenvalue weighted by Gasteiger charge is 2.00. The van der Waals surface area contributed by atoms with Crippen LogP contribution in [0.1, 0.15) is 6.92 Å². The van der Waals surface area contributed by atoms with Crippen molar-refractivity contribution in [2.24, 2.45) is 0 Å². The predicted octanol–water partition coefficient (Wildman–Crippen LogP) is 3.44. The second-order valence-electron chi connectivity index (χ2n) is 3.20. The number of benzene rings is 1. The SMILES string of the molecule is C/C(=C/CNc1ccc(Cl)c(Cl)c1)C(=O)O. The van der Waals surface area contributed by atoms with E-state index in [0.29, 0.717) is 22.2 Å². The first-order valence-corrected chi connectivity index (χ1v) is 5.35. The number of hydrogen-bond donors (Lipinski definition) is 2. The summed E-state index contributed by atoms with van der Waals surface area (Å²) in [4.78, 5) is 10.5. The van der Waals surface area contributed by atoms with Crippen LogP contribution in [0, 0.1) is 0 Å². The Balaban J connectivity index is 2.59.